The van der Waals surface area contributed by atoms with Gasteiger partial charge in [0.05, 0.1) is 11.1 Å². The Bertz CT molecular complexity index is 1120. The van der Waals surface area contributed by atoms with Gasteiger partial charge < -0.3 is 19.8 Å². The Hall–Kier alpha value is -3.35. The van der Waals surface area contributed by atoms with Gasteiger partial charge in [-0.1, -0.05) is 41.9 Å². The third-order valence-electron chi connectivity index (χ3n) is 5.10. The Morgan fingerprint density at radius 3 is 2.56 bits per heavy atom. The molecule has 0 unspecified atom stereocenters. The monoisotopic (exact) mass is 450 g/mol. The number of hydrogen-bond acceptors (Lipinski definition) is 4. The van der Waals surface area contributed by atoms with Gasteiger partial charge in [-0.05, 0) is 49.2 Å². The molecule has 2 aromatic carbocycles. The second-order valence-electron chi connectivity index (χ2n) is 7.41. The van der Waals surface area contributed by atoms with Crippen LogP contribution >= 0.6 is 11.6 Å². The third kappa shape index (κ3) is 5.46. The van der Waals surface area contributed by atoms with Gasteiger partial charge in [0.15, 0.2) is 0 Å². The molecule has 2 heterocycles. The molecule has 1 aromatic heterocycles. The molecule has 4 rings (SSSR count). The van der Waals surface area contributed by atoms with E-state index < -0.39 is 5.91 Å². The Morgan fingerprint density at radius 1 is 1.03 bits per heavy atom. The van der Waals surface area contributed by atoms with Gasteiger partial charge in [-0.15, -0.1) is 0 Å². The first kappa shape index (κ1) is 21.9. The second kappa shape index (κ2) is 10.3. The maximum absolute atomic E-state index is 12.9. The smallest absolute Gasteiger partial charge is 0.268 e. The summed E-state index contributed by atoms with van der Waals surface area (Å²) in [5.74, 6) is 0.174. The van der Waals surface area contributed by atoms with E-state index in [1.54, 1.807) is 42.5 Å². The summed E-state index contributed by atoms with van der Waals surface area (Å²) in [6.45, 7) is 1.08. The van der Waals surface area contributed by atoms with Crippen LogP contribution in [0.2, 0.25) is 5.02 Å². The van der Waals surface area contributed by atoms with Crippen molar-refractivity contribution in [2.24, 2.45) is 0 Å². The van der Waals surface area contributed by atoms with Crippen molar-refractivity contribution in [3.05, 3.63) is 88.8 Å². The summed E-state index contributed by atoms with van der Waals surface area (Å²) in [4.78, 5) is 25.6. The summed E-state index contributed by atoms with van der Waals surface area (Å²) in [6, 6.07) is 19.5. The van der Waals surface area contributed by atoms with Crippen molar-refractivity contribution in [1.82, 2.24) is 10.6 Å². The summed E-state index contributed by atoms with van der Waals surface area (Å²) < 4.78 is 11.4. The molecule has 3 aromatic rings. The van der Waals surface area contributed by atoms with Crippen LogP contribution < -0.4 is 10.6 Å². The predicted molar refractivity (Wildman–Crippen MR) is 123 cm³/mol. The molecular formula is C25H23ClN2O4. The van der Waals surface area contributed by atoms with Crippen LogP contribution in [-0.2, 0) is 9.53 Å². The summed E-state index contributed by atoms with van der Waals surface area (Å²) in [7, 11) is 0. The normalized spacial score (nSPS) is 16.0. The van der Waals surface area contributed by atoms with E-state index in [0.29, 0.717) is 35.3 Å². The largest absolute Gasteiger partial charge is 0.457 e. The molecule has 7 heteroatoms. The van der Waals surface area contributed by atoms with Crippen LogP contribution in [0.25, 0.3) is 17.4 Å². The lowest BCUT2D eigenvalue weighted by Gasteiger charge is -2.13. The Morgan fingerprint density at radius 2 is 1.81 bits per heavy atom. The van der Waals surface area contributed by atoms with Gasteiger partial charge in [0, 0.05) is 30.4 Å². The lowest BCUT2D eigenvalue weighted by atomic mass is 10.2. The van der Waals surface area contributed by atoms with Gasteiger partial charge in [-0.3, -0.25) is 9.59 Å². The van der Waals surface area contributed by atoms with Crippen LogP contribution in [-0.4, -0.2) is 31.1 Å². The van der Waals surface area contributed by atoms with Crippen LogP contribution in [0.15, 0.2) is 76.8 Å². The molecule has 2 N–H and O–H groups in total. The van der Waals surface area contributed by atoms with Gasteiger partial charge in [0.2, 0.25) is 0 Å². The predicted octanol–water partition coefficient (Wildman–Crippen LogP) is 4.67. The number of hydrogen-bond donors (Lipinski definition) is 2. The standard InChI is InChI=1S/C25H23ClN2O4/c26-21-11-5-4-10-20(21)23-13-12-18(32-23)15-22(25(30)27-16-19-9-6-14-31-19)28-24(29)17-7-2-1-3-8-17/h1-5,7-8,10-13,15,19H,6,9,14,16H2,(H,27,30)(H,28,29)/b22-15-/t19-/m0/s1. The van der Waals surface area contributed by atoms with E-state index in [0.717, 1.165) is 18.4 Å². The molecule has 0 aliphatic carbocycles. The topological polar surface area (TPSA) is 80.6 Å². The molecule has 32 heavy (non-hydrogen) atoms. The molecule has 6 nitrogen and oxygen atoms in total. The summed E-state index contributed by atoms with van der Waals surface area (Å²) in [5, 5.41) is 6.10. The summed E-state index contributed by atoms with van der Waals surface area (Å²) >= 11 is 6.26. The van der Waals surface area contributed by atoms with E-state index >= 15 is 0 Å². The van der Waals surface area contributed by atoms with Crippen molar-refractivity contribution < 1.29 is 18.7 Å². The Kier molecular flexibility index (Phi) is 7.04. The summed E-state index contributed by atoms with van der Waals surface area (Å²) in [6.07, 6.45) is 3.37. The minimum Gasteiger partial charge on any atom is -0.457 e. The zero-order chi connectivity index (χ0) is 22.3. The Balaban J connectivity index is 1.56. The molecule has 164 valence electrons. The zero-order valence-electron chi connectivity index (χ0n) is 17.3. The number of halogens is 1. The number of nitrogens with one attached hydrogen (secondary N) is 2. The molecule has 1 aliphatic heterocycles. The van der Waals surface area contributed by atoms with Crippen LogP contribution in [0.1, 0.15) is 29.0 Å². The molecular weight excluding hydrogens is 428 g/mol. The molecule has 0 radical (unpaired) electrons. The molecule has 2 amide bonds. The zero-order valence-corrected chi connectivity index (χ0v) is 18.1. The molecule has 0 bridgehead atoms. The highest BCUT2D eigenvalue weighted by Crippen LogP contribution is 2.29. The average molecular weight is 451 g/mol. The van der Waals surface area contributed by atoms with Gasteiger partial charge >= 0.3 is 0 Å². The number of amides is 2. The molecule has 1 atom stereocenters. The van der Waals surface area contributed by atoms with Crippen LogP contribution in [0.3, 0.4) is 0 Å². The van der Waals surface area contributed by atoms with E-state index in [1.807, 2.05) is 24.3 Å². The number of benzene rings is 2. The van der Waals surface area contributed by atoms with Crippen LogP contribution in [0, 0.1) is 0 Å². The van der Waals surface area contributed by atoms with E-state index in [1.165, 1.54) is 6.08 Å². The molecule has 0 saturated carbocycles. The van der Waals surface area contributed by atoms with Gasteiger partial charge in [0.25, 0.3) is 11.8 Å². The fourth-order valence-electron chi connectivity index (χ4n) is 3.43. The van der Waals surface area contributed by atoms with Crippen molar-refractivity contribution in [3.63, 3.8) is 0 Å². The first-order chi connectivity index (χ1) is 15.6. The maximum Gasteiger partial charge on any atom is 0.268 e. The van der Waals surface area contributed by atoms with Crippen molar-refractivity contribution in [2.75, 3.05) is 13.2 Å². The average Bonchev–Trinajstić information content (AvgIpc) is 3.50. The van der Waals surface area contributed by atoms with Gasteiger partial charge in [-0.2, -0.15) is 0 Å². The van der Waals surface area contributed by atoms with E-state index in [-0.39, 0.29) is 17.7 Å². The minimum atomic E-state index is -0.416. The molecule has 1 saturated heterocycles. The maximum atomic E-state index is 12.9. The first-order valence-corrected chi connectivity index (χ1v) is 10.8. The minimum absolute atomic E-state index is 0.0135. The first-order valence-electron chi connectivity index (χ1n) is 10.4. The molecule has 1 fully saturated rings. The number of furan rings is 1. The number of ether oxygens (including phenoxy) is 1. The van der Waals surface area contributed by atoms with E-state index in [4.69, 9.17) is 20.8 Å². The highest BCUT2D eigenvalue weighted by molar-refractivity contribution is 6.33. The number of carbonyl (C=O) groups excluding carboxylic acids is 2. The number of rotatable bonds is 7. The van der Waals surface area contributed by atoms with Crippen molar-refractivity contribution >= 4 is 29.5 Å². The Labute approximate surface area is 191 Å². The molecule has 1 aliphatic rings. The van der Waals surface area contributed by atoms with E-state index in [9.17, 15) is 9.59 Å². The SMILES string of the molecule is O=C(NC[C@@H]1CCCO1)/C(=C/c1ccc(-c2ccccc2Cl)o1)NC(=O)c1ccccc1. The van der Waals surface area contributed by atoms with Gasteiger partial charge in [0.1, 0.15) is 17.2 Å². The summed E-state index contributed by atoms with van der Waals surface area (Å²) in [5.41, 5.74) is 1.27. The fraction of sp³-hybridized carbons (Fsp3) is 0.200. The van der Waals surface area contributed by atoms with Crippen LogP contribution in [0.4, 0.5) is 0 Å². The van der Waals surface area contributed by atoms with Gasteiger partial charge in [-0.25, -0.2) is 0 Å². The lowest BCUT2D eigenvalue weighted by molar-refractivity contribution is -0.118. The second-order valence-corrected chi connectivity index (χ2v) is 7.81. The highest BCUT2D eigenvalue weighted by atomic mass is 35.5. The van der Waals surface area contributed by atoms with Crippen LogP contribution in [0.5, 0.6) is 0 Å². The molecule has 0 spiro atoms. The van der Waals surface area contributed by atoms with Crippen molar-refractivity contribution in [3.8, 4) is 11.3 Å². The van der Waals surface area contributed by atoms with Crippen molar-refractivity contribution in [2.45, 2.75) is 18.9 Å². The van der Waals surface area contributed by atoms with Crippen molar-refractivity contribution in [1.29, 1.82) is 0 Å². The number of carbonyl (C=O) groups is 2. The highest BCUT2D eigenvalue weighted by Gasteiger charge is 2.20. The van der Waals surface area contributed by atoms with E-state index in [2.05, 4.69) is 10.6 Å². The fourth-order valence-corrected chi connectivity index (χ4v) is 3.66. The quantitative estimate of drug-likeness (QED) is 0.513. The lowest BCUT2D eigenvalue weighted by Crippen LogP contribution is -2.38. The third-order valence-corrected chi connectivity index (χ3v) is 5.43.